The van der Waals surface area contributed by atoms with Crippen molar-refractivity contribution in [2.24, 2.45) is 5.41 Å². The second-order valence-corrected chi connectivity index (χ2v) is 8.26. The van der Waals surface area contributed by atoms with Crippen LogP contribution in [-0.4, -0.2) is 32.1 Å². The van der Waals surface area contributed by atoms with Crippen LogP contribution in [-0.2, 0) is 16.6 Å². The number of nitrogens with one attached hydrogen (secondary N) is 2. The summed E-state index contributed by atoms with van der Waals surface area (Å²) < 4.78 is 0. The molecule has 5 heteroatoms. The molecule has 0 aliphatic carbocycles. The third-order valence-electron chi connectivity index (χ3n) is 4.41. The lowest BCUT2D eigenvalue weighted by Gasteiger charge is -2.19. The minimum Gasteiger partial charge on any atom is -0.338 e. The zero-order valence-corrected chi connectivity index (χ0v) is 15.6. The Kier molecular flexibility index (Phi) is 4.92. The van der Waals surface area contributed by atoms with Crippen molar-refractivity contribution in [1.29, 1.82) is 0 Å². The molecule has 1 aromatic rings. The third kappa shape index (κ3) is 3.89. The van der Waals surface area contributed by atoms with Crippen molar-refractivity contribution in [2.45, 2.75) is 46.5 Å². The van der Waals surface area contributed by atoms with Crippen molar-refractivity contribution in [2.75, 3.05) is 25.0 Å². The van der Waals surface area contributed by atoms with Crippen molar-refractivity contribution >= 4 is 17.6 Å². The highest BCUT2D eigenvalue weighted by Gasteiger charge is 2.42. The maximum Gasteiger partial charge on any atom is 0.314 e. The van der Waals surface area contributed by atoms with E-state index >= 15 is 0 Å². The summed E-state index contributed by atoms with van der Waals surface area (Å²) in [7, 11) is 1.82. The molecule has 0 saturated carbocycles. The van der Waals surface area contributed by atoms with Gasteiger partial charge < -0.3 is 15.5 Å². The fourth-order valence-electron chi connectivity index (χ4n) is 2.90. The smallest absolute Gasteiger partial charge is 0.314 e. The normalized spacial score (nSPS) is 16.1. The Hall–Kier alpha value is -2.04. The van der Waals surface area contributed by atoms with Crippen molar-refractivity contribution < 1.29 is 9.59 Å². The fourth-order valence-corrected chi connectivity index (χ4v) is 2.90. The summed E-state index contributed by atoms with van der Waals surface area (Å²) in [4.78, 5) is 25.8. The van der Waals surface area contributed by atoms with E-state index in [1.165, 1.54) is 0 Å². The minimum atomic E-state index is -0.488. The quantitative estimate of drug-likeness (QED) is 0.891. The van der Waals surface area contributed by atoms with Crippen LogP contribution in [0, 0.1) is 5.41 Å². The molecule has 1 heterocycles. The van der Waals surface area contributed by atoms with Crippen LogP contribution in [0.25, 0.3) is 0 Å². The highest BCUT2D eigenvalue weighted by Crippen LogP contribution is 2.41. The minimum absolute atomic E-state index is 0.0709. The molecule has 3 amide bonds. The van der Waals surface area contributed by atoms with Gasteiger partial charge in [0.2, 0.25) is 5.91 Å². The Labute approximate surface area is 144 Å². The van der Waals surface area contributed by atoms with Crippen molar-refractivity contribution in [1.82, 2.24) is 10.6 Å². The Morgan fingerprint density at radius 1 is 1.21 bits per heavy atom. The van der Waals surface area contributed by atoms with Crippen LogP contribution in [0.15, 0.2) is 18.2 Å². The molecule has 0 aromatic heterocycles. The van der Waals surface area contributed by atoms with Gasteiger partial charge in [0.1, 0.15) is 0 Å². The topological polar surface area (TPSA) is 61.4 Å². The molecule has 2 N–H and O–H groups in total. The first kappa shape index (κ1) is 18.3. The van der Waals surface area contributed by atoms with Crippen LogP contribution in [0.5, 0.6) is 0 Å². The monoisotopic (exact) mass is 331 g/mol. The van der Waals surface area contributed by atoms with E-state index in [9.17, 15) is 9.59 Å². The first-order valence-corrected chi connectivity index (χ1v) is 8.45. The lowest BCUT2D eigenvalue weighted by atomic mass is 9.85. The highest BCUT2D eigenvalue weighted by atomic mass is 16.2. The molecule has 0 spiro atoms. The standard InChI is InChI=1S/C19H29N3O2/c1-18(2,3)12-21-17(24)20-10-9-13-7-8-15-14(11-13)19(4,5)16(23)22(15)6/h7-8,11H,9-10,12H2,1-6H3,(H2,20,21,24). The molecule has 1 aliphatic heterocycles. The van der Waals surface area contributed by atoms with Crippen LogP contribution in [0.2, 0.25) is 0 Å². The van der Waals surface area contributed by atoms with Gasteiger partial charge in [-0.2, -0.15) is 0 Å². The predicted octanol–water partition coefficient (Wildman–Crippen LogP) is 2.83. The number of urea groups is 1. The number of benzene rings is 1. The Bertz CT molecular complexity index is 645. The summed E-state index contributed by atoms with van der Waals surface area (Å²) in [5, 5.41) is 5.76. The first-order valence-electron chi connectivity index (χ1n) is 8.45. The van der Waals surface area contributed by atoms with E-state index in [-0.39, 0.29) is 17.4 Å². The third-order valence-corrected chi connectivity index (χ3v) is 4.41. The SMILES string of the molecule is CN1C(=O)C(C)(C)c2cc(CCNC(=O)NCC(C)(C)C)ccc21. The van der Waals surface area contributed by atoms with E-state index in [0.717, 1.165) is 23.2 Å². The van der Waals surface area contributed by atoms with Gasteiger partial charge in [-0.15, -0.1) is 0 Å². The van der Waals surface area contributed by atoms with E-state index in [1.54, 1.807) is 4.90 Å². The maximum atomic E-state index is 12.3. The molecule has 0 fully saturated rings. The number of hydrogen-bond acceptors (Lipinski definition) is 2. The molecule has 1 aliphatic rings. The largest absolute Gasteiger partial charge is 0.338 e. The number of hydrogen-bond donors (Lipinski definition) is 2. The number of carbonyl (C=O) groups is 2. The van der Waals surface area contributed by atoms with Crippen molar-refractivity contribution in [3.05, 3.63) is 29.3 Å². The van der Waals surface area contributed by atoms with Crippen LogP contribution in [0.1, 0.15) is 45.7 Å². The Morgan fingerprint density at radius 3 is 2.50 bits per heavy atom. The number of fused-ring (bicyclic) bond motifs is 1. The van der Waals surface area contributed by atoms with Crippen LogP contribution in [0.4, 0.5) is 10.5 Å². The summed E-state index contributed by atoms with van der Waals surface area (Å²) in [6, 6.07) is 5.97. The molecular formula is C19H29N3O2. The molecule has 2 rings (SSSR count). The molecule has 0 radical (unpaired) electrons. The molecule has 0 unspecified atom stereocenters. The van der Waals surface area contributed by atoms with Gasteiger partial charge in [0.05, 0.1) is 5.41 Å². The van der Waals surface area contributed by atoms with Crippen molar-refractivity contribution in [3.63, 3.8) is 0 Å². The molecule has 24 heavy (non-hydrogen) atoms. The van der Waals surface area contributed by atoms with Crippen molar-refractivity contribution in [3.8, 4) is 0 Å². The highest BCUT2D eigenvalue weighted by molar-refractivity contribution is 6.07. The summed E-state index contributed by atoms with van der Waals surface area (Å²) in [5.41, 5.74) is 2.74. The maximum absolute atomic E-state index is 12.3. The molecular weight excluding hydrogens is 302 g/mol. The molecule has 0 saturated heterocycles. The second-order valence-electron chi connectivity index (χ2n) is 8.26. The van der Waals surface area contributed by atoms with Crippen LogP contribution in [0.3, 0.4) is 0 Å². The van der Waals surface area contributed by atoms with Crippen LogP contribution >= 0.6 is 0 Å². The van der Waals surface area contributed by atoms with Gasteiger partial charge in [-0.05, 0) is 42.9 Å². The zero-order chi connectivity index (χ0) is 18.1. The molecule has 132 valence electrons. The zero-order valence-electron chi connectivity index (χ0n) is 15.6. The van der Waals surface area contributed by atoms with Gasteiger partial charge in [0.15, 0.2) is 0 Å². The lowest BCUT2D eigenvalue weighted by molar-refractivity contribution is -0.121. The van der Waals surface area contributed by atoms with Gasteiger partial charge in [-0.1, -0.05) is 32.9 Å². The Morgan fingerprint density at radius 2 is 1.88 bits per heavy atom. The van der Waals surface area contributed by atoms with E-state index in [1.807, 2.05) is 33.0 Å². The number of anilines is 1. The lowest BCUT2D eigenvalue weighted by Crippen LogP contribution is -2.40. The molecule has 1 aromatic carbocycles. The second kappa shape index (κ2) is 6.46. The first-order chi connectivity index (χ1) is 11.0. The number of amides is 3. The number of nitrogens with zero attached hydrogens (tertiary/aromatic N) is 1. The van der Waals surface area contributed by atoms with E-state index < -0.39 is 5.41 Å². The fraction of sp³-hybridized carbons (Fsp3) is 0.579. The van der Waals surface area contributed by atoms with Gasteiger partial charge >= 0.3 is 6.03 Å². The average molecular weight is 331 g/mol. The number of carbonyl (C=O) groups excluding carboxylic acids is 2. The summed E-state index contributed by atoms with van der Waals surface area (Å²) >= 11 is 0. The molecule has 0 bridgehead atoms. The molecule has 5 nitrogen and oxygen atoms in total. The number of rotatable bonds is 4. The van der Waals surface area contributed by atoms with Gasteiger partial charge in [0, 0.05) is 25.8 Å². The molecule has 0 atom stereocenters. The van der Waals surface area contributed by atoms with Crippen LogP contribution < -0.4 is 15.5 Å². The summed E-state index contributed by atoms with van der Waals surface area (Å²) in [6.45, 7) is 11.4. The van der Waals surface area contributed by atoms with Gasteiger partial charge in [0.25, 0.3) is 0 Å². The average Bonchev–Trinajstić information content (AvgIpc) is 2.66. The Balaban J connectivity index is 1.93. The number of likely N-dealkylation sites (N-methyl/N-ethyl adjacent to an activating group) is 1. The summed E-state index contributed by atoms with van der Waals surface area (Å²) in [6.07, 6.45) is 0.740. The van der Waals surface area contributed by atoms with Gasteiger partial charge in [-0.3, -0.25) is 4.79 Å². The predicted molar refractivity (Wildman–Crippen MR) is 97.4 cm³/mol. The van der Waals surface area contributed by atoms with E-state index in [2.05, 4.69) is 37.5 Å². The van der Waals surface area contributed by atoms with E-state index in [4.69, 9.17) is 0 Å². The summed E-state index contributed by atoms with van der Waals surface area (Å²) in [5.74, 6) is 0.120. The van der Waals surface area contributed by atoms with E-state index in [0.29, 0.717) is 13.1 Å². The van der Waals surface area contributed by atoms with Gasteiger partial charge in [-0.25, -0.2) is 4.79 Å².